The molecule has 29 heavy (non-hydrogen) atoms. The summed E-state index contributed by atoms with van der Waals surface area (Å²) in [4.78, 5) is 47.7. The Morgan fingerprint density at radius 1 is 1.21 bits per heavy atom. The number of aldehydes is 1. The van der Waals surface area contributed by atoms with Crippen molar-refractivity contribution in [3.8, 4) is 5.75 Å². The van der Waals surface area contributed by atoms with Crippen LogP contribution in [0.1, 0.15) is 61.8 Å². The van der Waals surface area contributed by atoms with Gasteiger partial charge in [0.05, 0.1) is 18.4 Å². The Kier molecular flexibility index (Phi) is 8.17. The Morgan fingerprint density at radius 3 is 2.28 bits per heavy atom. The first kappa shape index (κ1) is 23.9. The number of carbonyl (C=O) groups is 4. The molecule has 1 unspecified atom stereocenters. The Balaban J connectivity index is 3.18. The third-order valence-electron chi connectivity index (χ3n) is 3.71. The molecule has 9 heteroatoms. The Hall–Kier alpha value is -3.10. The van der Waals surface area contributed by atoms with E-state index in [0.717, 1.165) is 0 Å². The molecular weight excluding hydrogens is 380 g/mol. The van der Waals surface area contributed by atoms with E-state index >= 15 is 0 Å². The molecule has 2 amide bonds. The molecule has 1 aromatic carbocycles. The van der Waals surface area contributed by atoms with Gasteiger partial charge in [0.1, 0.15) is 23.0 Å². The molecule has 0 bridgehead atoms. The number of carboxylic acid groups (broad SMARTS) is 1. The second-order valence-electron chi connectivity index (χ2n) is 7.85. The number of nitrogens with one attached hydrogen (secondary N) is 2. The summed E-state index contributed by atoms with van der Waals surface area (Å²) in [6.45, 7) is 8.85. The van der Waals surface area contributed by atoms with Crippen LogP contribution in [0.5, 0.6) is 5.75 Å². The van der Waals surface area contributed by atoms with Gasteiger partial charge in [-0.15, -0.1) is 0 Å². The molecule has 160 valence electrons. The third kappa shape index (κ3) is 7.10. The molecule has 0 spiro atoms. The minimum Gasteiger partial charge on any atom is -0.495 e. The molecule has 0 aromatic heterocycles. The van der Waals surface area contributed by atoms with Crippen molar-refractivity contribution < 1.29 is 33.8 Å². The highest BCUT2D eigenvalue weighted by atomic mass is 16.6. The summed E-state index contributed by atoms with van der Waals surface area (Å²) >= 11 is 0. The van der Waals surface area contributed by atoms with Crippen molar-refractivity contribution in [3.05, 3.63) is 23.3 Å². The summed E-state index contributed by atoms with van der Waals surface area (Å²) in [6.07, 6.45) is 0.00477. The lowest BCUT2D eigenvalue weighted by Crippen LogP contribution is -2.46. The zero-order chi connectivity index (χ0) is 22.4. The van der Waals surface area contributed by atoms with E-state index in [2.05, 4.69) is 10.6 Å². The van der Waals surface area contributed by atoms with Gasteiger partial charge in [-0.05, 0) is 45.2 Å². The first-order valence-corrected chi connectivity index (χ1v) is 9.09. The normalized spacial score (nSPS) is 12.1. The second-order valence-corrected chi connectivity index (χ2v) is 7.85. The van der Waals surface area contributed by atoms with E-state index < -0.39 is 29.6 Å². The number of ether oxygens (including phenoxy) is 2. The van der Waals surface area contributed by atoms with Gasteiger partial charge in [-0.1, -0.05) is 13.8 Å². The summed E-state index contributed by atoms with van der Waals surface area (Å²) in [5, 5.41) is 14.6. The van der Waals surface area contributed by atoms with Gasteiger partial charge in [0, 0.05) is 0 Å². The van der Waals surface area contributed by atoms with E-state index in [0.29, 0.717) is 12.7 Å². The van der Waals surface area contributed by atoms with Crippen LogP contribution >= 0.6 is 0 Å². The molecular formula is C20H28N2O7. The molecule has 0 aliphatic rings. The van der Waals surface area contributed by atoms with Gasteiger partial charge < -0.3 is 25.2 Å². The number of rotatable bonds is 8. The average Bonchev–Trinajstić information content (AvgIpc) is 2.58. The SMILES string of the molecule is COc1c(C=O)ccc(NC(=O)C(CC(C)C)NC(=O)OC(C)(C)C)c1C(=O)O. The predicted octanol–water partition coefficient (Wildman–Crippen LogP) is 3.08. The first-order valence-electron chi connectivity index (χ1n) is 9.09. The van der Waals surface area contributed by atoms with Crippen LogP contribution in [-0.4, -0.2) is 48.1 Å². The lowest BCUT2D eigenvalue weighted by Gasteiger charge is -2.24. The van der Waals surface area contributed by atoms with Crippen molar-refractivity contribution in [1.82, 2.24) is 5.32 Å². The monoisotopic (exact) mass is 408 g/mol. The third-order valence-corrected chi connectivity index (χ3v) is 3.71. The molecule has 0 saturated carbocycles. The number of hydrogen-bond acceptors (Lipinski definition) is 6. The molecule has 0 fully saturated rings. The van der Waals surface area contributed by atoms with Crippen molar-refractivity contribution in [1.29, 1.82) is 0 Å². The quantitative estimate of drug-likeness (QED) is 0.563. The fourth-order valence-corrected chi connectivity index (χ4v) is 2.60. The zero-order valence-electron chi connectivity index (χ0n) is 17.5. The predicted molar refractivity (Wildman–Crippen MR) is 107 cm³/mol. The van der Waals surface area contributed by atoms with Gasteiger partial charge in [-0.2, -0.15) is 0 Å². The summed E-state index contributed by atoms with van der Waals surface area (Å²) in [5.74, 6) is -2.09. The number of aromatic carboxylic acids is 1. The van der Waals surface area contributed by atoms with Gasteiger partial charge >= 0.3 is 12.1 Å². The number of alkyl carbamates (subject to hydrolysis) is 1. The number of methoxy groups -OCH3 is 1. The lowest BCUT2D eigenvalue weighted by molar-refractivity contribution is -0.118. The Bertz CT molecular complexity index is 782. The summed E-state index contributed by atoms with van der Waals surface area (Å²) < 4.78 is 10.2. The zero-order valence-corrected chi connectivity index (χ0v) is 17.5. The smallest absolute Gasteiger partial charge is 0.408 e. The van der Waals surface area contributed by atoms with Crippen molar-refractivity contribution in [2.75, 3.05) is 12.4 Å². The molecule has 3 N–H and O–H groups in total. The average molecular weight is 408 g/mol. The van der Waals surface area contributed by atoms with Crippen molar-refractivity contribution in [3.63, 3.8) is 0 Å². The Morgan fingerprint density at radius 2 is 1.83 bits per heavy atom. The maximum absolute atomic E-state index is 12.8. The van der Waals surface area contributed by atoms with Crippen LogP contribution in [0.25, 0.3) is 0 Å². The van der Waals surface area contributed by atoms with Crippen LogP contribution < -0.4 is 15.4 Å². The van der Waals surface area contributed by atoms with Crippen molar-refractivity contribution >= 4 is 29.9 Å². The number of carbonyl (C=O) groups excluding carboxylic acids is 3. The molecule has 0 aliphatic heterocycles. The number of benzene rings is 1. The summed E-state index contributed by atoms with van der Waals surface area (Å²) in [7, 11) is 1.23. The van der Waals surface area contributed by atoms with Gasteiger partial charge in [0.2, 0.25) is 5.91 Å². The number of carboxylic acids is 1. The van der Waals surface area contributed by atoms with Gasteiger partial charge in [0.15, 0.2) is 6.29 Å². The summed E-state index contributed by atoms with van der Waals surface area (Å²) in [5.41, 5.74) is -1.11. The molecule has 0 radical (unpaired) electrons. The highest BCUT2D eigenvalue weighted by Gasteiger charge is 2.27. The molecule has 1 rings (SSSR count). The number of anilines is 1. The maximum atomic E-state index is 12.8. The largest absolute Gasteiger partial charge is 0.495 e. The molecule has 0 heterocycles. The van der Waals surface area contributed by atoms with E-state index in [-0.39, 0.29) is 28.5 Å². The van der Waals surface area contributed by atoms with Crippen molar-refractivity contribution in [2.24, 2.45) is 5.92 Å². The molecule has 0 aliphatic carbocycles. The lowest BCUT2D eigenvalue weighted by atomic mass is 10.0. The minimum absolute atomic E-state index is 0.0357. The number of hydrogen-bond donors (Lipinski definition) is 3. The van der Waals surface area contributed by atoms with Crippen LogP contribution in [0.15, 0.2) is 12.1 Å². The van der Waals surface area contributed by atoms with Gasteiger partial charge in [0.25, 0.3) is 0 Å². The van der Waals surface area contributed by atoms with Gasteiger partial charge in [-0.25, -0.2) is 9.59 Å². The fourth-order valence-electron chi connectivity index (χ4n) is 2.60. The highest BCUT2D eigenvalue weighted by molar-refractivity contribution is 6.06. The fraction of sp³-hybridized carbons (Fsp3) is 0.500. The first-order chi connectivity index (χ1) is 13.4. The van der Waals surface area contributed by atoms with Crippen LogP contribution in [0, 0.1) is 5.92 Å². The van der Waals surface area contributed by atoms with E-state index in [1.165, 1.54) is 19.2 Å². The van der Waals surface area contributed by atoms with E-state index in [4.69, 9.17) is 9.47 Å². The van der Waals surface area contributed by atoms with Crippen LogP contribution in [0.3, 0.4) is 0 Å². The van der Waals surface area contributed by atoms with E-state index in [1.54, 1.807) is 20.8 Å². The topological polar surface area (TPSA) is 131 Å². The van der Waals surface area contributed by atoms with Crippen molar-refractivity contribution in [2.45, 2.75) is 52.7 Å². The molecule has 1 atom stereocenters. The van der Waals surface area contributed by atoms with Crippen LogP contribution in [0.2, 0.25) is 0 Å². The summed E-state index contributed by atoms with van der Waals surface area (Å²) in [6, 6.07) is 1.68. The molecule has 1 aromatic rings. The van der Waals surface area contributed by atoms with Crippen LogP contribution in [0.4, 0.5) is 10.5 Å². The highest BCUT2D eigenvalue weighted by Crippen LogP contribution is 2.30. The molecule has 9 nitrogen and oxygen atoms in total. The maximum Gasteiger partial charge on any atom is 0.408 e. The van der Waals surface area contributed by atoms with Crippen LogP contribution in [-0.2, 0) is 9.53 Å². The van der Waals surface area contributed by atoms with E-state index in [9.17, 15) is 24.3 Å². The minimum atomic E-state index is -1.37. The Labute approximate surface area is 169 Å². The van der Waals surface area contributed by atoms with Gasteiger partial charge in [-0.3, -0.25) is 9.59 Å². The second kappa shape index (κ2) is 9.90. The number of amides is 2. The standard InChI is InChI=1S/C20H28N2O7/c1-11(2)9-14(22-19(27)29-20(3,4)5)17(24)21-13-8-7-12(10-23)16(28-6)15(13)18(25)26/h7-8,10-11,14H,9H2,1-6H3,(H,21,24)(H,22,27)(H,25,26). The molecule has 0 saturated heterocycles. The van der Waals surface area contributed by atoms with E-state index in [1.807, 2.05) is 13.8 Å².